The molecule has 0 spiro atoms. The van der Waals surface area contributed by atoms with Crippen molar-refractivity contribution in [1.29, 1.82) is 0 Å². The van der Waals surface area contributed by atoms with E-state index in [1.807, 2.05) is 0 Å². The number of hydrogen-bond acceptors (Lipinski definition) is 3. The molecule has 1 aromatic heterocycles. The molecular formula is C14H19N3O2. The lowest BCUT2D eigenvalue weighted by Crippen LogP contribution is -2.48. The number of rotatable bonds is 2. The first-order valence-electron chi connectivity index (χ1n) is 6.74. The van der Waals surface area contributed by atoms with Gasteiger partial charge < -0.3 is 10.2 Å². The summed E-state index contributed by atoms with van der Waals surface area (Å²) in [6, 6.07) is 3.63. The molecule has 0 saturated carbocycles. The highest BCUT2D eigenvalue weighted by Gasteiger charge is 2.29. The molecule has 1 fully saturated rings. The number of nitrogens with zero attached hydrogens (tertiary/aromatic N) is 2. The Morgan fingerprint density at radius 3 is 3.00 bits per heavy atom. The van der Waals surface area contributed by atoms with E-state index in [9.17, 15) is 9.59 Å². The van der Waals surface area contributed by atoms with Crippen LogP contribution in [0.25, 0.3) is 0 Å². The molecule has 1 unspecified atom stereocenters. The molecule has 0 bridgehead atoms. The number of nitrogens with one attached hydrogen (secondary N) is 1. The molecule has 1 aromatic rings. The Bertz CT molecular complexity index is 447. The van der Waals surface area contributed by atoms with Gasteiger partial charge in [-0.3, -0.25) is 14.6 Å². The van der Waals surface area contributed by atoms with Gasteiger partial charge in [0.1, 0.15) is 0 Å². The molecule has 1 aliphatic rings. The van der Waals surface area contributed by atoms with Crippen LogP contribution >= 0.6 is 0 Å². The minimum atomic E-state index is -0.576. The topological polar surface area (TPSA) is 62.3 Å². The molecule has 5 nitrogen and oxygen atoms in total. The summed E-state index contributed by atoms with van der Waals surface area (Å²) in [6.45, 7) is 2.73. The second kappa shape index (κ2) is 6.31. The number of amides is 2. The van der Waals surface area contributed by atoms with Gasteiger partial charge in [-0.25, -0.2) is 0 Å². The quantitative estimate of drug-likeness (QED) is 0.826. The van der Waals surface area contributed by atoms with Crippen LogP contribution in [0.5, 0.6) is 0 Å². The number of hydrogen-bond donors (Lipinski definition) is 1. The molecule has 0 aliphatic carbocycles. The average Bonchev–Trinajstić information content (AvgIpc) is 2.47. The highest BCUT2D eigenvalue weighted by Crippen LogP contribution is 2.19. The molecule has 0 radical (unpaired) electrons. The SMILES string of the molecule is CCC1CCCCN1C(=O)C(=O)Nc1cccnc1. The summed E-state index contributed by atoms with van der Waals surface area (Å²) in [6.07, 6.45) is 7.14. The summed E-state index contributed by atoms with van der Waals surface area (Å²) in [4.78, 5) is 29.7. The highest BCUT2D eigenvalue weighted by atomic mass is 16.2. The first-order chi connectivity index (χ1) is 9.22. The molecule has 2 amide bonds. The standard InChI is InChI=1S/C14H19N3O2/c1-2-12-7-3-4-9-17(12)14(19)13(18)16-11-6-5-8-15-10-11/h5-6,8,10,12H,2-4,7,9H2,1H3,(H,16,18). The van der Waals surface area contributed by atoms with Gasteiger partial charge in [0, 0.05) is 18.8 Å². The van der Waals surface area contributed by atoms with E-state index in [0.717, 1.165) is 25.7 Å². The summed E-state index contributed by atoms with van der Waals surface area (Å²) >= 11 is 0. The maximum absolute atomic E-state index is 12.2. The van der Waals surface area contributed by atoms with Gasteiger partial charge >= 0.3 is 11.8 Å². The van der Waals surface area contributed by atoms with Crippen LogP contribution in [-0.2, 0) is 9.59 Å². The van der Waals surface area contributed by atoms with Gasteiger partial charge in [0.25, 0.3) is 0 Å². The van der Waals surface area contributed by atoms with Gasteiger partial charge in [-0.05, 0) is 37.8 Å². The highest BCUT2D eigenvalue weighted by molar-refractivity contribution is 6.39. The predicted molar refractivity (Wildman–Crippen MR) is 72.5 cm³/mol. The first-order valence-corrected chi connectivity index (χ1v) is 6.74. The van der Waals surface area contributed by atoms with Crippen molar-refractivity contribution in [1.82, 2.24) is 9.88 Å². The molecule has 2 rings (SSSR count). The van der Waals surface area contributed by atoms with Crippen molar-refractivity contribution in [3.63, 3.8) is 0 Å². The van der Waals surface area contributed by atoms with Crippen LogP contribution in [-0.4, -0.2) is 34.3 Å². The van der Waals surface area contributed by atoms with Crippen LogP contribution in [0.15, 0.2) is 24.5 Å². The molecule has 19 heavy (non-hydrogen) atoms. The molecule has 1 N–H and O–H groups in total. The van der Waals surface area contributed by atoms with Crippen LogP contribution in [0, 0.1) is 0 Å². The molecule has 2 heterocycles. The van der Waals surface area contributed by atoms with Gasteiger partial charge in [-0.15, -0.1) is 0 Å². The average molecular weight is 261 g/mol. The third-order valence-corrected chi connectivity index (χ3v) is 3.47. The smallest absolute Gasteiger partial charge is 0.313 e. The minimum absolute atomic E-state index is 0.195. The molecular weight excluding hydrogens is 242 g/mol. The zero-order chi connectivity index (χ0) is 13.7. The predicted octanol–water partition coefficient (Wildman–Crippen LogP) is 1.81. The Morgan fingerprint density at radius 2 is 2.32 bits per heavy atom. The number of carbonyl (C=O) groups is 2. The van der Waals surface area contributed by atoms with Gasteiger partial charge in [0.05, 0.1) is 11.9 Å². The fourth-order valence-corrected chi connectivity index (χ4v) is 2.44. The lowest BCUT2D eigenvalue weighted by atomic mass is 10.00. The third kappa shape index (κ3) is 3.30. The Morgan fingerprint density at radius 1 is 1.47 bits per heavy atom. The van der Waals surface area contributed by atoms with Crippen molar-refractivity contribution < 1.29 is 9.59 Å². The number of anilines is 1. The fraction of sp³-hybridized carbons (Fsp3) is 0.500. The van der Waals surface area contributed by atoms with Gasteiger partial charge in [-0.1, -0.05) is 6.92 Å². The Kier molecular flexibility index (Phi) is 4.49. The van der Waals surface area contributed by atoms with Gasteiger partial charge in [0.15, 0.2) is 0 Å². The summed E-state index contributed by atoms with van der Waals surface area (Å²) < 4.78 is 0. The monoisotopic (exact) mass is 261 g/mol. The van der Waals surface area contributed by atoms with Crippen molar-refractivity contribution in [3.8, 4) is 0 Å². The zero-order valence-corrected chi connectivity index (χ0v) is 11.1. The van der Waals surface area contributed by atoms with Crippen LogP contribution < -0.4 is 5.32 Å². The van der Waals surface area contributed by atoms with E-state index in [2.05, 4.69) is 17.2 Å². The van der Waals surface area contributed by atoms with Gasteiger partial charge in [-0.2, -0.15) is 0 Å². The van der Waals surface area contributed by atoms with E-state index in [4.69, 9.17) is 0 Å². The largest absolute Gasteiger partial charge is 0.331 e. The van der Waals surface area contributed by atoms with Crippen LogP contribution in [0.1, 0.15) is 32.6 Å². The normalized spacial score (nSPS) is 19.0. The lowest BCUT2D eigenvalue weighted by Gasteiger charge is -2.34. The van der Waals surface area contributed by atoms with Crippen LogP contribution in [0.4, 0.5) is 5.69 Å². The summed E-state index contributed by atoms with van der Waals surface area (Å²) in [5.74, 6) is -1.01. The van der Waals surface area contributed by atoms with E-state index in [1.54, 1.807) is 23.2 Å². The van der Waals surface area contributed by atoms with Crippen LogP contribution in [0.2, 0.25) is 0 Å². The molecule has 5 heteroatoms. The first kappa shape index (κ1) is 13.5. The number of piperidine rings is 1. The van der Waals surface area contributed by atoms with E-state index in [-0.39, 0.29) is 6.04 Å². The Hall–Kier alpha value is -1.91. The van der Waals surface area contributed by atoms with Crippen molar-refractivity contribution in [2.24, 2.45) is 0 Å². The molecule has 1 aliphatic heterocycles. The van der Waals surface area contributed by atoms with E-state index >= 15 is 0 Å². The number of pyridine rings is 1. The molecule has 1 saturated heterocycles. The third-order valence-electron chi connectivity index (χ3n) is 3.47. The fourth-order valence-electron chi connectivity index (χ4n) is 2.44. The Balaban J connectivity index is 2.00. The van der Waals surface area contributed by atoms with Crippen LogP contribution in [0.3, 0.4) is 0 Å². The zero-order valence-electron chi connectivity index (χ0n) is 11.1. The lowest BCUT2D eigenvalue weighted by molar-refractivity contribution is -0.145. The van der Waals surface area contributed by atoms with Crippen molar-refractivity contribution in [3.05, 3.63) is 24.5 Å². The molecule has 1 atom stereocenters. The molecule has 102 valence electrons. The van der Waals surface area contributed by atoms with Gasteiger partial charge in [0.2, 0.25) is 0 Å². The minimum Gasteiger partial charge on any atom is -0.331 e. The van der Waals surface area contributed by atoms with Crippen molar-refractivity contribution in [2.45, 2.75) is 38.6 Å². The summed E-state index contributed by atoms with van der Waals surface area (Å²) in [7, 11) is 0. The molecule has 0 aromatic carbocycles. The number of carbonyl (C=O) groups excluding carboxylic acids is 2. The number of likely N-dealkylation sites (tertiary alicyclic amines) is 1. The van der Waals surface area contributed by atoms with Crippen molar-refractivity contribution >= 4 is 17.5 Å². The summed E-state index contributed by atoms with van der Waals surface area (Å²) in [5.41, 5.74) is 0.547. The van der Waals surface area contributed by atoms with E-state index in [1.165, 1.54) is 6.20 Å². The summed E-state index contributed by atoms with van der Waals surface area (Å²) in [5, 5.41) is 2.59. The second-order valence-electron chi connectivity index (χ2n) is 4.75. The maximum Gasteiger partial charge on any atom is 0.313 e. The van der Waals surface area contributed by atoms with E-state index in [0.29, 0.717) is 12.2 Å². The second-order valence-corrected chi connectivity index (χ2v) is 4.75. The number of aromatic nitrogens is 1. The Labute approximate surface area is 113 Å². The maximum atomic E-state index is 12.2. The van der Waals surface area contributed by atoms with Crippen molar-refractivity contribution in [2.75, 3.05) is 11.9 Å². The van der Waals surface area contributed by atoms with E-state index < -0.39 is 11.8 Å².